The molecule has 1 heterocycles. The van der Waals surface area contributed by atoms with E-state index in [1.807, 2.05) is 32.8 Å². The Hall–Kier alpha value is -1.82. The van der Waals surface area contributed by atoms with Gasteiger partial charge in [-0.3, -0.25) is 4.79 Å². The zero-order valence-electron chi connectivity index (χ0n) is 12.4. The van der Waals surface area contributed by atoms with E-state index >= 15 is 0 Å². The molecule has 112 valence electrons. The monoisotopic (exact) mass is 282 g/mol. The summed E-state index contributed by atoms with van der Waals surface area (Å²) in [5.74, 6) is -0.971. The van der Waals surface area contributed by atoms with Crippen molar-refractivity contribution >= 4 is 11.9 Å². The normalized spacial score (nSPS) is 11.1. The summed E-state index contributed by atoms with van der Waals surface area (Å²) in [5, 5.41) is 8.85. The summed E-state index contributed by atoms with van der Waals surface area (Å²) in [4.78, 5) is 26.8. The van der Waals surface area contributed by atoms with Crippen molar-refractivity contribution in [3.05, 3.63) is 23.7 Å². The average molecular weight is 282 g/mol. The lowest BCUT2D eigenvalue weighted by atomic mass is 10.2. The molecular formula is C14H22N2O4. The second-order valence-electron chi connectivity index (χ2n) is 5.45. The molecule has 6 heteroatoms. The molecule has 0 radical (unpaired) electrons. The fourth-order valence-electron chi connectivity index (χ4n) is 1.75. The van der Waals surface area contributed by atoms with Gasteiger partial charge in [-0.1, -0.05) is 13.8 Å². The number of hydrogen-bond donors (Lipinski definition) is 1. The predicted octanol–water partition coefficient (Wildman–Crippen LogP) is 1.64. The molecule has 0 aromatic carbocycles. The van der Waals surface area contributed by atoms with Crippen LogP contribution in [0.4, 0.5) is 0 Å². The summed E-state index contributed by atoms with van der Waals surface area (Å²) in [6, 6.07) is 1.27. The van der Waals surface area contributed by atoms with Crippen LogP contribution in [0.2, 0.25) is 0 Å². The largest absolute Gasteiger partial charge is 0.478 e. The SMILES string of the molecule is CC(C)CN(CCN(C)C)C(=O)c1cc(C(=O)O)co1. The number of amides is 1. The van der Waals surface area contributed by atoms with Gasteiger partial charge in [0.05, 0.1) is 5.56 Å². The second kappa shape index (κ2) is 7.09. The molecule has 0 saturated heterocycles. The summed E-state index contributed by atoms with van der Waals surface area (Å²) in [5.41, 5.74) is -0.00884. The first-order valence-electron chi connectivity index (χ1n) is 6.57. The second-order valence-corrected chi connectivity index (χ2v) is 5.45. The van der Waals surface area contributed by atoms with Crippen LogP contribution in [0.1, 0.15) is 34.8 Å². The third kappa shape index (κ3) is 4.70. The first kappa shape index (κ1) is 16.2. The maximum Gasteiger partial charge on any atom is 0.338 e. The zero-order chi connectivity index (χ0) is 15.3. The highest BCUT2D eigenvalue weighted by Gasteiger charge is 2.21. The number of carbonyl (C=O) groups is 2. The molecule has 0 saturated carbocycles. The summed E-state index contributed by atoms with van der Waals surface area (Å²) >= 11 is 0. The van der Waals surface area contributed by atoms with Gasteiger partial charge in [-0.15, -0.1) is 0 Å². The van der Waals surface area contributed by atoms with Gasteiger partial charge in [-0.2, -0.15) is 0 Å². The highest BCUT2D eigenvalue weighted by Crippen LogP contribution is 2.12. The maximum atomic E-state index is 12.3. The molecule has 0 bridgehead atoms. The highest BCUT2D eigenvalue weighted by molar-refractivity contribution is 5.95. The predicted molar refractivity (Wildman–Crippen MR) is 75.0 cm³/mol. The number of carbonyl (C=O) groups excluding carboxylic acids is 1. The summed E-state index contributed by atoms with van der Waals surface area (Å²) in [6.07, 6.45) is 1.09. The Kier molecular flexibility index (Phi) is 5.76. The number of hydrogen-bond acceptors (Lipinski definition) is 4. The number of aromatic carboxylic acids is 1. The zero-order valence-corrected chi connectivity index (χ0v) is 12.4. The molecule has 0 aliphatic rings. The molecule has 20 heavy (non-hydrogen) atoms. The Morgan fingerprint density at radius 1 is 1.30 bits per heavy atom. The van der Waals surface area contributed by atoms with Gasteiger partial charge in [-0.25, -0.2) is 4.79 Å². The molecule has 0 unspecified atom stereocenters. The van der Waals surface area contributed by atoms with Crippen LogP contribution in [0.3, 0.4) is 0 Å². The van der Waals surface area contributed by atoms with Crippen LogP contribution in [-0.2, 0) is 0 Å². The van der Waals surface area contributed by atoms with Crippen LogP contribution in [0, 0.1) is 5.92 Å². The van der Waals surface area contributed by atoms with Gasteiger partial charge >= 0.3 is 5.97 Å². The average Bonchev–Trinajstić information content (AvgIpc) is 2.82. The van der Waals surface area contributed by atoms with Gasteiger partial charge in [-0.05, 0) is 20.0 Å². The maximum absolute atomic E-state index is 12.3. The van der Waals surface area contributed by atoms with E-state index in [1.165, 1.54) is 6.07 Å². The Bertz CT molecular complexity index is 465. The van der Waals surface area contributed by atoms with E-state index in [-0.39, 0.29) is 17.2 Å². The minimum Gasteiger partial charge on any atom is -0.478 e. The Labute approximate surface area is 119 Å². The molecule has 0 aliphatic heterocycles. The smallest absolute Gasteiger partial charge is 0.338 e. The Morgan fingerprint density at radius 3 is 2.40 bits per heavy atom. The molecule has 1 aromatic heterocycles. The van der Waals surface area contributed by atoms with Gasteiger partial charge in [0.15, 0.2) is 5.76 Å². The lowest BCUT2D eigenvalue weighted by Crippen LogP contribution is -2.38. The van der Waals surface area contributed by atoms with E-state index in [0.29, 0.717) is 19.0 Å². The molecule has 0 fully saturated rings. The number of furan rings is 1. The summed E-state index contributed by atoms with van der Waals surface area (Å²) in [7, 11) is 3.88. The number of nitrogens with zero attached hydrogens (tertiary/aromatic N) is 2. The van der Waals surface area contributed by atoms with Crippen LogP contribution < -0.4 is 0 Å². The topological polar surface area (TPSA) is 74.0 Å². The lowest BCUT2D eigenvalue weighted by molar-refractivity contribution is 0.0686. The van der Waals surface area contributed by atoms with Crippen molar-refractivity contribution in [2.24, 2.45) is 5.92 Å². The van der Waals surface area contributed by atoms with Crippen molar-refractivity contribution in [2.75, 3.05) is 33.7 Å². The van der Waals surface area contributed by atoms with Gasteiger partial charge in [0, 0.05) is 25.7 Å². The fourth-order valence-corrected chi connectivity index (χ4v) is 1.75. The van der Waals surface area contributed by atoms with Crippen molar-refractivity contribution in [1.82, 2.24) is 9.80 Å². The number of rotatable bonds is 7. The van der Waals surface area contributed by atoms with Gasteiger partial charge in [0.25, 0.3) is 5.91 Å². The number of likely N-dealkylation sites (N-methyl/N-ethyl adjacent to an activating group) is 1. The lowest BCUT2D eigenvalue weighted by Gasteiger charge is -2.25. The molecule has 1 N–H and O–H groups in total. The molecule has 0 spiro atoms. The summed E-state index contributed by atoms with van der Waals surface area (Å²) in [6.45, 7) is 5.98. The first-order valence-corrected chi connectivity index (χ1v) is 6.57. The van der Waals surface area contributed by atoms with E-state index in [0.717, 1.165) is 12.8 Å². The van der Waals surface area contributed by atoms with Gasteiger partial charge < -0.3 is 19.3 Å². The molecule has 0 atom stereocenters. The fraction of sp³-hybridized carbons (Fsp3) is 0.571. The van der Waals surface area contributed by atoms with Crippen LogP contribution in [0.25, 0.3) is 0 Å². The van der Waals surface area contributed by atoms with Crippen LogP contribution in [0.15, 0.2) is 16.7 Å². The standard InChI is InChI=1S/C14H22N2O4/c1-10(2)8-16(6-5-15(3)4)13(17)12-7-11(9-20-12)14(18)19/h7,9-10H,5-6,8H2,1-4H3,(H,18,19). The van der Waals surface area contributed by atoms with Crippen LogP contribution in [-0.4, -0.2) is 60.5 Å². The third-order valence-corrected chi connectivity index (χ3v) is 2.75. The van der Waals surface area contributed by atoms with Crippen molar-refractivity contribution in [3.8, 4) is 0 Å². The summed E-state index contributed by atoms with van der Waals surface area (Å²) < 4.78 is 5.07. The van der Waals surface area contributed by atoms with E-state index in [4.69, 9.17) is 9.52 Å². The van der Waals surface area contributed by atoms with Crippen molar-refractivity contribution in [3.63, 3.8) is 0 Å². The molecule has 1 amide bonds. The van der Waals surface area contributed by atoms with E-state index in [1.54, 1.807) is 4.90 Å². The van der Waals surface area contributed by atoms with Crippen LogP contribution in [0.5, 0.6) is 0 Å². The number of carboxylic acids is 1. The van der Waals surface area contributed by atoms with E-state index in [9.17, 15) is 9.59 Å². The minimum atomic E-state index is -1.10. The quantitative estimate of drug-likeness (QED) is 0.823. The van der Waals surface area contributed by atoms with Gasteiger partial charge in [0.2, 0.25) is 0 Å². The molecule has 1 aromatic rings. The van der Waals surface area contributed by atoms with E-state index < -0.39 is 5.97 Å². The Balaban J connectivity index is 2.82. The minimum absolute atomic E-state index is 0.00884. The van der Waals surface area contributed by atoms with E-state index in [2.05, 4.69) is 0 Å². The number of carboxylic acid groups (broad SMARTS) is 1. The first-order chi connectivity index (χ1) is 9.31. The molecule has 1 rings (SSSR count). The molecule has 0 aliphatic carbocycles. The van der Waals surface area contributed by atoms with Crippen LogP contribution >= 0.6 is 0 Å². The van der Waals surface area contributed by atoms with Crippen molar-refractivity contribution in [1.29, 1.82) is 0 Å². The molecular weight excluding hydrogens is 260 g/mol. The Morgan fingerprint density at radius 2 is 1.95 bits per heavy atom. The molecule has 6 nitrogen and oxygen atoms in total. The van der Waals surface area contributed by atoms with Crippen molar-refractivity contribution in [2.45, 2.75) is 13.8 Å². The van der Waals surface area contributed by atoms with Gasteiger partial charge in [0.1, 0.15) is 6.26 Å². The van der Waals surface area contributed by atoms with Crippen molar-refractivity contribution < 1.29 is 19.1 Å². The third-order valence-electron chi connectivity index (χ3n) is 2.75. The highest BCUT2D eigenvalue weighted by atomic mass is 16.4.